The number of aliphatic hydroxyl groups is 2. The number of benzene rings is 1. The minimum Gasteiger partial charge on any atom is -0.390 e. The van der Waals surface area contributed by atoms with Gasteiger partial charge in [-0.15, -0.1) is 0 Å². The van der Waals surface area contributed by atoms with Crippen LogP contribution in [0.25, 0.3) is 0 Å². The highest BCUT2D eigenvalue weighted by molar-refractivity contribution is 7.80. The predicted octanol–water partition coefficient (Wildman–Crippen LogP) is 2.10. The summed E-state index contributed by atoms with van der Waals surface area (Å²) in [6.07, 6.45) is -4.08. The maximum Gasteiger partial charge on any atom is 0.200 e. The van der Waals surface area contributed by atoms with Crippen LogP contribution in [-0.4, -0.2) is 22.1 Å². The number of aliphatic hydroxyl groups excluding tert-OH is 2. The van der Waals surface area contributed by atoms with E-state index >= 15 is 0 Å². The zero-order valence-corrected chi connectivity index (χ0v) is 9.69. The van der Waals surface area contributed by atoms with Gasteiger partial charge in [0.2, 0.25) is 5.82 Å². The van der Waals surface area contributed by atoms with Crippen LogP contribution in [0.5, 0.6) is 0 Å². The Balaban J connectivity index is 3.32. The molecule has 0 saturated heterocycles. The van der Waals surface area contributed by atoms with Gasteiger partial charge in [0.15, 0.2) is 23.3 Å². The van der Waals surface area contributed by atoms with Gasteiger partial charge in [0, 0.05) is 0 Å². The van der Waals surface area contributed by atoms with Crippen LogP contribution >= 0.6 is 12.6 Å². The molecular formula is C10H9F5O2S. The van der Waals surface area contributed by atoms with E-state index < -0.39 is 46.9 Å². The fourth-order valence-corrected chi connectivity index (χ4v) is 1.63. The number of thiol groups is 1. The first-order chi connectivity index (χ1) is 8.32. The van der Waals surface area contributed by atoms with Crippen molar-refractivity contribution in [3.63, 3.8) is 0 Å². The van der Waals surface area contributed by atoms with Gasteiger partial charge in [0.25, 0.3) is 0 Å². The Morgan fingerprint density at radius 2 is 1.22 bits per heavy atom. The molecule has 0 heterocycles. The van der Waals surface area contributed by atoms with Gasteiger partial charge in [-0.05, 0) is 12.2 Å². The highest BCUT2D eigenvalue weighted by atomic mass is 32.1. The molecule has 2 nitrogen and oxygen atoms in total. The van der Waals surface area contributed by atoms with Gasteiger partial charge in [-0.2, -0.15) is 12.6 Å². The molecule has 8 heteroatoms. The Morgan fingerprint density at radius 1 is 0.833 bits per heavy atom. The van der Waals surface area contributed by atoms with E-state index in [0.29, 0.717) is 0 Å². The normalized spacial score (nSPS) is 14.7. The lowest BCUT2D eigenvalue weighted by molar-refractivity contribution is 0.0118. The van der Waals surface area contributed by atoms with Crippen molar-refractivity contribution in [3.8, 4) is 0 Å². The van der Waals surface area contributed by atoms with Gasteiger partial charge >= 0.3 is 0 Å². The highest BCUT2D eigenvalue weighted by Gasteiger charge is 2.32. The quantitative estimate of drug-likeness (QED) is 0.344. The van der Waals surface area contributed by atoms with Crippen molar-refractivity contribution in [2.45, 2.75) is 18.6 Å². The highest BCUT2D eigenvalue weighted by Crippen LogP contribution is 2.30. The molecule has 0 radical (unpaired) electrons. The first-order valence-corrected chi connectivity index (χ1v) is 5.44. The zero-order valence-electron chi connectivity index (χ0n) is 8.80. The molecule has 1 rings (SSSR count). The molecule has 2 atom stereocenters. The molecule has 0 aliphatic rings. The van der Waals surface area contributed by atoms with Crippen molar-refractivity contribution in [2.75, 3.05) is 5.75 Å². The molecule has 0 fully saturated rings. The van der Waals surface area contributed by atoms with Crippen molar-refractivity contribution in [1.82, 2.24) is 0 Å². The molecule has 2 N–H and O–H groups in total. The number of hydrogen-bond acceptors (Lipinski definition) is 3. The maximum absolute atomic E-state index is 13.2. The van der Waals surface area contributed by atoms with Gasteiger partial charge in [0.1, 0.15) is 6.10 Å². The Bertz CT molecular complexity index is 425. The van der Waals surface area contributed by atoms with Crippen LogP contribution in [-0.2, 0) is 0 Å². The van der Waals surface area contributed by atoms with E-state index in [-0.39, 0.29) is 12.2 Å². The second-order valence-corrected chi connectivity index (χ2v) is 3.96. The molecule has 1 aromatic rings. The van der Waals surface area contributed by atoms with E-state index in [2.05, 4.69) is 12.6 Å². The van der Waals surface area contributed by atoms with Crippen LogP contribution in [0.2, 0.25) is 0 Å². The summed E-state index contributed by atoms with van der Waals surface area (Å²) in [6.45, 7) is 0. The average molecular weight is 288 g/mol. The number of hydrogen-bond donors (Lipinski definition) is 3. The molecule has 2 unspecified atom stereocenters. The summed E-state index contributed by atoms with van der Waals surface area (Å²) in [5, 5.41) is 18.7. The summed E-state index contributed by atoms with van der Waals surface area (Å²) in [5.41, 5.74) is -1.44. The van der Waals surface area contributed by atoms with E-state index in [1.165, 1.54) is 0 Å². The third-order valence-electron chi connectivity index (χ3n) is 2.33. The van der Waals surface area contributed by atoms with Crippen LogP contribution in [0.4, 0.5) is 22.0 Å². The number of rotatable bonds is 4. The molecule has 18 heavy (non-hydrogen) atoms. The molecule has 0 aliphatic carbocycles. The summed E-state index contributed by atoms with van der Waals surface area (Å²) in [5.74, 6) is -10.9. The Kier molecular flexibility index (Phi) is 4.94. The lowest BCUT2D eigenvalue weighted by Crippen LogP contribution is -2.23. The lowest BCUT2D eigenvalue weighted by atomic mass is 10.0. The van der Waals surface area contributed by atoms with Crippen molar-refractivity contribution in [3.05, 3.63) is 34.6 Å². The second kappa shape index (κ2) is 5.85. The molecule has 0 aliphatic heterocycles. The minimum absolute atomic E-state index is 0.0631. The lowest BCUT2D eigenvalue weighted by Gasteiger charge is -2.19. The summed E-state index contributed by atoms with van der Waals surface area (Å²) in [6, 6.07) is 0. The molecule has 0 amide bonds. The Hall–Kier alpha value is -0.860. The third kappa shape index (κ3) is 2.60. The minimum atomic E-state index is -2.32. The summed E-state index contributed by atoms with van der Waals surface area (Å²) >= 11 is 3.71. The van der Waals surface area contributed by atoms with Crippen LogP contribution < -0.4 is 0 Å². The van der Waals surface area contributed by atoms with E-state index in [0.717, 1.165) is 0 Å². The van der Waals surface area contributed by atoms with Gasteiger partial charge in [-0.3, -0.25) is 0 Å². The van der Waals surface area contributed by atoms with Crippen LogP contribution in [0.15, 0.2) is 0 Å². The first-order valence-electron chi connectivity index (χ1n) is 4.81. The molecule has 0 bridgehead atoms. The smallest absolute Gasteiger partial charge is 0.200 e. The van der Waals surface area contributed by atoms with Crippen LogP contribution in [0.3, 0.4) is 0 Å². The second-order valence-electron chi connectivity index (χ2n) is 3.51. The van der Waals surface area contributed by atoms with Crippen molar-refractivity contribution >= 4 is 12.6 Å². The Morgan fingerprint density at radius 3 is 1.61 bits per heavy atom. The van der Waals surface area contributed by atoms with Crippen molar-refractivity contribution in [2.24, 2.45) is 0 Å². The van der Waals surface area contributed by atoms with Crippen molar-refractivity contribution in [1.29, 1.82) is 0 Å². The predicted molar refractivity (Wildman–Crippen MR) is 55.7 cm³/mol. The standard InChI is InChI=1S/C10H9F5O2S/c11-5-4(10(17)3(16)1-2-18)6(12)8(14)9(15)7(5)13/h3,10,16-18H,1-2H2. The van der Waals surface area contributed by atoms with Gasteiger partial charge in [-0.1, -0.05) is 0 Å². The summed E-state index contributed by atoms with van der Waals surface area (Å²) in [4.78, 5) is 0. The molecular weight excluding hydrogens is 279 g/mol. The third-order valence-corrected chi connectivity index (χ3v) is 2.59. The number of halogens is 5. The van der Waals surface area contributed by atoms with E-state index in [1.807, 2.05) is 0 Å². The van der Waals surface area contributed by atoms with E-state index in [4.69, 9.17) is 0 Å². The SMILES string of the molecule is OC(CCS)C(O)c1c(F)c(F)c(F)c(F)c1F. The topological polar surface area (TPSA) is 40.5 Å². The first kappa shape index (κ1) is 15.2. The largest absolute Gasteiger partial charge is 0.390 e. The van der Waals surface area contributed by atoms with E-state index in [1.54, 1.807) is 0 Å². The molecule has 0 spiro atoms. The molecule has 0 saturated carbocycles. The molecule has 1 aromatic carbocycles. The van der Waals surface area contributed by atoms with Gasteiger partial charge in [0.05, 0.1) is 11.7 Å². The average Bonchev–Trinajstić information content (AvgIpc) is 2.34. The summed E-state index contributed by atoms with van der Waals surface area (Å²) < 4.78 is 64.9. The maximum atomic E-state index is 13.2. The van der Waals surface area contributed by atoms with Crippen molar-refractivity contribution < 1.29 is 32.2 Å². The summed E-state index contributed by atoms with van der Waals surface area (Å²) in [7, 11) is 0. The fraction of sp³-hybridized carbons (Fsp3) is 0.400. The van der Waals surface area contributed by atoms with Gasteiger partial charge in [-0.25, -0.2) is 22.0 Å². The zero-order chi connectivity index (χ0) is 14.0. The van der Waals surface area contributed by atoms with Gasteiger partial charge < -0.3 is 10.2 Å². The molecule has 102 valence electrons. The fourth-order valence-electron chi connectivity index (χ4n) is 1.36. The molecule has 0 aromatic heterocycles. The van der Waals surface area contributed by atoms with Crippen LogP contribution in [0.1, 0.15) is 18.1 Å². The van der Waals surface area contributed by atoms with E-state index in [9.17, 15) is 32.2 Å². The van der Waals surface area contributed by atoms with Crippen LogP contribution in [0, 0.1) is 29.1 Å². The Labute approximate surface area is 104 Å². The monoisotopic (exact) mass is 288 g/mol.